The minimum atomic E-state index is 0.0634. The summed E-state index contributed by atoms with van der Waals surface area (Å²) in [5, 5.41) is 12.4. The second kappa shape index (κ2) is 11.5. The van der Waals surface area contributed by atoms with E-state index in [9.17, 15) is 9.90 Å². The Morgan fingerprint density at radius 1 is 0.906 bits per heavy atom. The first-order valence-corrected chi connectivity index (χ1v) is 11.8. The van der Waals surface area contributed by atoms with E-state index in [1.165, 1.54) is 17.5 Å². The van der Waals surface area contributed by atoms with Crippen LogP contribution in [0.25, 0.3) is 0 Å². The summed E-state index contributed by atoms with van der Waals surface area (Å²) in [5.74, 6) is 1.10. The number of rotatable bonds is 8. The lowest BCUT2D eigenvalue weighted by Crippen LogP contribution is -2.39. The molecule has 2 aromatic carbocycles. The molecule has 0 aliphatic carbocycles. The molecule has 0 aromatic heterocycles. The number of aromatic hydroxyl groups is 1. The highest BCUT2D eigenvalue weighted by Crippen LogP contribution is 2.23. The van der Waals surface area contributed by atoms with E-state index in [-0.39, 0.29) is 5.91 Å². The SMILES string of the molecule is O=C(CN1CCC(CCc2ccc(O)cc2)CC1)Nc1ccc(CN2CCOCC2)cc1. The van der Waals surface area contributed by atoms with E-state index in [1.54, 1.807) is 12.1 Å². The number of phenolic OH excluding ortho intramolecular Hbond substituents is 1. The molecule has 1 amide bonds. The highest BCUT2D eigenvalue weighted by Gasteiger charge is 2.21. The molecule has 2 aliphatic heterocycles. The molecule has 172 valence electrons. The van der Waals surface area contributed by atoms with Crippen LogP contribution in [0, 0.1) is 5.92 Å². The van der Waals surface area contributed by atoms with Gasteiger partial charge in [-0.25, -0.2) is 0 Å². The van der Waals surface area contributed by atoms with Crippen LogP contribution in [0.4, 0.5) is 5.69 Å². The Kier molecular flexibility index (Phi) is 8.15. The van der Waals surface area contributed by atoms with Gasteiger partial charge in [-0.15, -0.1) is 0 Å². The predicted molar refractivity (Wildman–Crippen MR) is 127 cm³/mol. The summed E-state index contributed by atoms with van der Waals surface area (Å²) in [5.41, 5.74) is 3.41. The molecule has 0 saturated carbocycles. The number of amides is 1. The van der Waals surface area contributed by atoms with Gasteiger partial charge in [-0.2, -0.15) is 0 Å². The van der Waals surface area contributed by atoms with E-state index in [0.29, 0.717) is 18.2 Å². The van der Waals surface area contributed by atoms with Gasteiger partial charge in [0.05, 0.1) is 19.8 Å². The summed E-state index contributed by atoms with van der Waals surface area (Å²) in [6.45, 7) is 6.92. The van der Waals surface area contributed by atoms with Crippen LogP contribution in [0.1, 0.15) is 30.4 Å². The average Bonchev–Trinajstić information content (AvgIpc) is 2.82. The van der Waals surface area contributed by atoms with Gasteiger partial charge in [-0.05, 0) is 80.1 Å². The van der Waals surface area contributed by atoms with E-state index < -0.39 is 0 Å². The van der Waals surface area contributed by atoms with Gasteiger partial charge >= 0.3 is 0 Å². The Balaban J connectivity index is 1.14. The van der Waals surface area contributed by atoms with E-state index in [0.717, 1.165) is 70.9 Å². The maximum absolute atomic E-state index is 12.5. The number of nitrogens with one attached hydrogen (secondary N) is 1. The van der Waals surface area contributed by atoms with Crippen molar-refractivity contribution in [1.29, 1.82) is 0 Å². The molecule has 32 heavy (non-hydrogen) atoms. The van der Waals surface area contributed by atoms with Crippen molar-refractivity contribution in [3.63, 3.8) is 0 Å². The fourth-order valence-corrected chi connectivity index (χ4v) is 4.58. The fraction of sp³-hybridized carbons (Fsp3) is 0.500. The Morgan fingerprint density at radius 3 is 2.25 bits per heavy atom. The molecule has 6 nitrogen and oxygen atoms in total. The molecule has 2 saturated heterocycles. The number of anilines is 1. The lowest BCUT2D eigenvalue weighted by atomic mass is 9.90. The number of ether oxygens (including phenoxy) is 1. The van der Waals surface area contributed by atoms with Gasteiger partial charge in [0.25, 0.3) is 0 Å². The zero-order valence-electron chi connectivity index (χ0n) is 18.8. The first-order valence-electron chi connectivity index (χ1n) is 11.8. The van der Waals surface area contributed by atoms with E-state index in [1.807, 2.05) is 24.3 Å². The molecule has 0 radical (unpaired) electrons. The third-order valence-corrected chi connectivity index (χ3v) is 6.60. The van der Waals surface area contributed by atoms with Crippen molar-refractivity contribution in [2.24, 2.45) is 5.92 Å². The zero-order chi connectivity index (χ0) is 22.2. The van der Waals surface area contributed by atoms with E-state index in [4.69, 9.17) is 4.74 Å². The van der Waals surface area contributed by atoms with Crippen LogP contribution in [0.15, 0.2) is 48.5 Å². The summed E-state index contributed by atoms with van der Waals surface area (Å²) >= 11 is 0. The molecule has 2 fully saturated rings. The van der Waals surface area contributed by atoms with Gasteiger partial charge < -0.3 is 15.2 Å². The summed E-state index contributed by atoms with van der Waals surface area (Å²) in [7, 11) is 0. The third-order valence-electron chi connectivity index (χ3n) is 6.60. The number of carbonyl (C=O) groups is 1. The Morgan fingerprint density at radius 2 is 1.56 bits per heavy atom. The molecule has 4 rings (SSSR count). The molecule has 0 unspecified atom stereocenters. The van der Waals surface area contributed by atoms with Crippen molar-refractivity contribution >= 4 is 11.6 Å². The number of morpholine rings is 1. The smallest absolute Gasteiger partial charge is 0.238 e. The fourth-order valence-electron chi connectivity index (χ4n) is 4.58. The van der Waals surface area contributed by atoms with E-state index in [2.05, 4.69) is 27.2 Å². The molecular weight excluding hydrogens is 402 g/mol. The normalized spacial score (nSPS) is 18.5. The molecule has 6 heteroatoms. The standard InChI is InChI=1S/C26H35N3O3/c30-25-9-5-21(6-10-25)1-2-22-11-13-28(14-12-22)20-26(31)27-24-7-3-23(4-8-24)19-29-15-17-32-18-16-29/h3-10,22,30H,1-2,11-20H2,(H,27,31). The van der Waals surface area contributed by atoms with Gasteiger partial charge in [-0.3, -0.25) is 14.6 Å². The second-order valence-corrected chi connectivity index (χ2v) is 9.06. The number of hydrogen-bond acceptors (Lipinski definition) is 5. The summed E-state index contributed by atoms with van der Waals surface area (Å²) in [4.78, 5) is 17.2. The molecule has 2 aromatic rings. The Labute approximate surface area is 191 Å². The zero-order valence-corrected chi connectivity index (χ0v) is 18.8. The predicted octanol–water partition coefficient (Wildman–Crippen LogP) is 3.51. The lowest BCUT2D eigenvalue weighted by Gasteiger charge is -2.31. The van der Waals surface area contributed by atoms with Crippen LogP contribution in [-0.4, -0.2) is 66.8 Å². The van der Waals surface area contributed by atoms with Crippen LogP contribution in [-0.2, 0) is 22.5 Å². The largest absolute Gasteiger partial charge is 0.508 e. The van der Waals surface area contributed by atoms with Crippen LogP contribution >= 0.6 is 0 Å². The Bertz CT molecular complexity index is 840. The molecule has 2 N–H and O–H groups in total. The molecule has 0 spiro atoms. The quantitative estimate of drug-likeness (QED) is 0.662. The van der Waals surface area contributed by atoms with Gasteiger partial charge in [-0.1, -0.05) is 24.3 Å². The van der Waals surface area contributed by atoms with Crippen molar-refractivity contribution in [3.05, 3.63) is 59.7 Å². The van der Waals surface area contributed by atoms with Crippen molar-refractivity contribution in [2.75, 3.05) is 51.3 Å². The minimum absolute atomic E-state index is 0.0634. The number of hydrogen-bond donors (Lipinski definition) is 2. The summed E-state index contributed by atoms with van der Waals surface area (Å²) in [6, 6.07) is 15.7. The van der Waals surface area contributed by atoms with Crippen LogP contribution in [0.5, 0.6) is 5.75 Å². The van der Waals surface area contributed by atoms with Crippen molar-refractivity contribution in [3.8, 4) is 5.75 Å². The maximum atomic E-state index is 12.5. The summed E-state index contributed by atoms with van der Waals surface area (Å²) < 4.78 is 5.40. The van der Waals surface area contributed by atoms with Gasteiger partial charge in [0, 0.05) is 25.3 Å². The monoisotopic (exact) mass is 437 g/mol. The van der Waals surface area contributed by atoms with Crippen LogP contribution in [0.2, 0.25) is 0 Å². The second-order valence-electron chi connectivity index (χ2n) is 9.06. The lowest BCUT2D eigenvalue weighted by molar-refractivity contribution is -0.117. The highest BCUT2D eigenvalue weighted by molar-refractivity contribution is 5.92. The number of aryl methyl sites for hydroxylation is 1. The van der Waals surface area contributed by atoms with Gasteiger partial charge in [0.15, 0.2) is 0 Å². The van der Waals surface area contributed by atoms with Crippen LogP contribution < -0.4 is 5.32 Å². The molecule has 2 heterocycles. The first-order chi connectivity index (χ1) is 15.6. The Hall–Kier alpha value is -2.41. The van der Waals surface area contributed by atoms with Gasteiger partial charge in [0.2, 0.25) is 5.91 Å². The van der Waals surface area contributed by atoms with Crippen molar-refractivity contribution < 1.29 is 14.6 Å². The number of nitrogens with zero attached hydrogens (tertiary/aromatic N) is 2. The van der Waals surface area contributed by atoms with Crippen molar-refractivity contribution in [1.82, 2.24) is 9.80 Å². The highest BCUT2D eigenvalue weighted by atomic mass is 16.5. The number of carbonyl (C=O) groups excluding carboxylic acids is 1. The number of benzene rings is 2. The first kappa shape index (κ1) is 22.8. The summed E-state index contributed by atoms with van der Waals surface area (Å²) in [6.07, 6.45) is 4.50. The van der Waals surface area contributed by atoms with E-state index >= 15 is 0 Å². The average molecular weight is 438 g/mol. The molecule has 0 atom stereocenters. The third kappa shape index (κ3) is 7.05. The molecule has 0 bridgehead atoms. The number of phenols is 1. The maximum Gasteiger partial charge on any atom is 0.238 e. The molecular formula is C26H35N3O3. The topological polar surface area (TPSA) is 65.0 Å². The molecule has 2 aliphatic rings. The van der Waals surface area contributed by atoms with Crippen LogP contribution in [0.3, 0.4) is 0 Å². The number of likely N-dealkylation sites (tertiary alicyclic amines) is 1. The number of piperidine rings is 1. The van der Waals surface area contributed by atoms with Crippen molar-refractivity contribution in [2.45, 2.75) is 32.2 Å². The van der Waals surface area contributed by atoms with Gasteiger partial charge in [0.1, 0.15) is 5.75 Å². The minimum Gasteiger partial charge on any atom is -0.508 e.